The Morgan fingerprint density at radius 2 is 1.75 bits per heavy atom. The molecule has 0 amide bonds. The van der Waals surface area contributed by atoms with Gasteiger partial charge in [0.1, 0.15) is 0 Å². The second kappa shape index (κ2) is 7.75. The van der Waals surface area contributed by atoms with Gasteiger partial charge >= 0.3 is 0 Å². The molecular weight excluding hydrogens is 214 g/mol. The van der Waals surface area contributed by atoms with Gasteiger partial charge in [-0.05, 0) is 30.2 Å². The van der Waals surface area contributed by atoms with Crippen molar-refractivity contribution in [1.82, 2.24) is 5.32 Å². The quantitative estimate of drug-likeness (QED) is 0.779. The summed E-state index contributed by atoms with van der Waals surface area (Å²) in [6.45, 7) is 5.43. The first kappa shape index (κ1) is 13.6. The topological polar surface area (TPSA) is 12.0 Å². The molecular formula is C14H23NS. The molecule has 1 aromatic rings. The van der Waals surface area contributed by atoms with Crippen LogP contribution in [0.1, 0.15) is 31.4 Å². The van der Waals surface area contributed by atoms with Crippen molar-refractivity contribution < 1.29 is 0 Å². The molecule has 0 heterocycles. The molecule has 1 unspecified atom stereocenters. The summed E-state index contributed by atoms with van der Waals surface area (Å²) in [6, 6.07) is 9.56. The van der Waals surface area contributed by atoms with Gasteiger partial charge in [-0.2, -0.15) is 11.8 Å². The van der Waals surface area contributed by atoms with Crippen molar-refractivity contribution in [3.63, 3.8) is 0 Å². The monoisotopic (exact) mass is 237 g/mol. The van der Waals surface area contributed by atoms with E-state index in [9.17, 15) is 0 Å². The van der Waals surface area contributed by atoms with Gasteiger partial charge in [-0.3, -0.25) is 0 Å². The van der Waals surface area contributed by atoms with Crippen molar-refractivity contribution in [2.45, 2.75) is 39.3 Å². The smallest absolute Gasteiger partial charge is 0.0208 e. The summed E-state index contributed by atoms with van der Waals surface area (Å²) < 4.78 is 0. The highest BCUT2D eigenvalue weighted by atomic mass is 32.2. The highest BCUT2D eigenvalue weighted by Crippen LogP contribution is 2.07. The molecule has 1 N–H and O–H groups in total. The summed E-state index contributed by atoms with van der Waals surface area (Å²) >= 11 is 1.91. The highest BCUT2D eigenvalue weighted by Gasteiger charge is 2.03. The largest absolute Gasteiger partial charge is 0.309 e. The minimum Gasteiger partial charge on any atom is -0.309 e. The normalized spacial score (nSPS) is 12.7. The molecule has 0 saturated carbocycles. The van der Waals surface area contributed by atoms with E-state index in [1.165, 1.54) is 23.3 Å². The van der Waals surface area contributed by atoms with E-state index in [0.717, 1.165) is 13.0 Å². The van der Waals surface area contributed by atoms with Crippen molar-refractivity contribution in [2.24, 2.45) is 0 Å². The third-order valence-electron chi connectivity index (χ3n) is 2.89. The van der Waals surface area contributed by atoms with Crippen LogP contribution >= 0.6 is 11.8 Å². The summed E-state index contributed by atoms with van der Waals surface area (Å²) in [7, 11) is 0. The second-order valence-electron chi connectivity index (χ2n) is 4.11. The van der Waals surface area contributed by atoms with Crippen LogP contribution in [0.15, 0.2) is 24.3 Å². The SMILES string of the molecule is CCc1ccc(CNC(CC)CSC)cc1. The molecule has 0 saturated heterocycles. The first-order valence-corrected chi connectivity index (χ1v) is 7.49. The van der Waals surface area contributed by atoms with Crippen molar-refractivity contribution in [2.75, 3.05) is 12.0 Å². The molecule has 0 fully saturated rings. The van der Waals surface area contributed by atoms with Gasteiger partial charge in [0.2, 0.25) is 0 Å². The molecule has 1 rings (SSSR count). The molecule has 0 aliphatic rings. The van der Waals surface area contributed by atoms with Crippen LogP contribution in [0.2, 0.25) is 0 Å². The lowest BCUT2D eigenvalue weighted by Gasteiger charge is -2.15. The Morgan fingerprint density at radius 1 is 1.12 bits per heavy atom. The maximum Gasteiger partial charge on any atom is 0.0208 e. The van der Waals surface area contributed by atoms with Gasteiger partial charge in [0, 0.05) is 18.3 Å². The first-order chi connectivity index (χ1) is 7.80. The lowest BCUT2D eigenvalue weighted by Crippen LogP contribution is -2.30. The Kier molecular flexibility index (Phi) is 6.58. The Labute approximate surface area is 104 Å². The molecule has 0 radical (unpaired) electrons. The Morgan fingerprint density at radius 3 is 2.25 bits per heavy atom. The molecule has 1 nitrogen and oxygen atoms in total. The third-order valence-corrected chi connectivity index (χ3v) is 3.62. The van der Waals surface area contributed by atoms with Gasteiger partial charge in [-0.25, -0.2) is 0 Å². The molecule has 90 valence electrons. The van der Waals surface area contributed by atoms with E-state index >= 15 is 0 Å². The molecule has 0 aliphatic heterocycles. The maximum absolute atomic E-state index is 3.60. The van der Waals surface area contributed by atoms with Crippen molar-refractivity contribution in [3.05, 3.63) is 35.4 Å². The Bertz CT molecular complexity index is 281. The van der Waals surface area contributed by atoms with E-state index < -0.39 is 0 Å². The molecule has 16 heavy (non-hydrogen) atoms. The van der Waals surface area contributed by atoms with E-state index in [2.05, 4.69) is 49.7 Å². The minimum atomic E-state index is 0.640. The summed E-state index contributed by atoms with van der Waals surface area (Å²) in [4.78, 5) is 0. The predicted molar refractivity (Wildman–Crippen MR) is 75.1 cm³/mol. The van der Waals surface area contributed by atoms with E-state index in [-0.39, 0.29) is 0 Å². The average Bonchev–Trinajstić information content (AvgIpc) is 2.35. The molecule has 0 aromatic heterocycles. The fourth-order valence-corrected chi connectivity index (χ4v) is 2.43. The van der Waals surface area contributed by atoms with Crippen LogP contribution in [0.5, 0.6) is 0 Å². The molecule has 0 spiro atoms. The van der Waals surface area contributed by atoms with Gasteiger partial charge in [0.25, 0.3) is 0 Å². The minimum absolute atomic E-state index is 0.640. The Hall–Kier alpha value is -0.470. The van der Waals surface area contributed by atoms with Crippen LogP contribution in [-0.2, 0) is 13.0 Å². The van der Waals surface area contributed by atoms with Gasteiger partial charge in [-0.1, -0.05) is 38.1 Å². The fourth-order valence-electron chi connectivity index (χ4n) is 1.68. The van der Waals surface area contributed by atoms with Crippen LogP contribution in [0.3, 0.4) is 0 Å². The van der Waals surface area contributed by atoms with Crippen LogP contribution in [0.4, 0.5) is 0 Å². The zero-order valence-corrected chi connectivity index (χ0v) is 11.4. The van der Waals surface area contributed by atoms with Gasteiger partial charge in [-0.15, -0.1) is 0 Å². The third kappa shape index (κ3) is 4.58. The summed E-state index contributed by atoms with van der Waals surface area (Å²) in [5, 5.41) is 3.60. The van der Waals surface area contributed by atoms with Crippen LogP contribution < -0.4 is 5.32 Å². The molecule has 0 aliphatic carbocycles. The van der Waals surface area contributed by atoms with Crippen LogP contribution in [0, 0.1) is 0 Å². The van der Waals surface area contributed by atoms with Crippen LogP contribution in [-0.4, -0.2) is 18.1 Å². The average molecular weight is 237 g/mol. The van der Waals surface area contributed by atoms with Gasteiger partial charge < -0.3 is 5.32 Å². The number of rotatable bonds is 7. The predicted octanol–water partition coefficient (Wildman–Crippen LogP) is 3.48. The van der Waals surface area contributed by atoms with E-state index in [0.29, 0.717) is 6.04 Å². The number of nitrogens with one attached hydrogen (secondary N) is 1. The number of thioether (sulfide) groups is 1. The molecule has 1 atom stereocenters. The molecule has 0 bridgehead atoms. The Balaban J connectivity index is 2.40. The summed E-state index contributed by atoms with van der Waals surface area (Å²) in [5.41, 5.74) is 2.80. The van der Waals surface area contributed by atoms with E-state index in [4.69, 9.17) is 0 Å². The zero-order chi connectivity index (χ0) is 11.8. The lowest BCUT2D eigenvalue weighted by molar-refractivity contribution is 0.541. The number of hydrogen-bond donors (Lipinski definition) is 1. The van der Waals surface area contributed by atoms with E-state index in [1.54, 1.807) is 0 Å². The number of aryl methyl sites for hydroxylation is 1. The highest BCUT2D eigenvalue weighted by molar-refractivity contribution is 7.98. The zero-order valence-electron chi connectivity index (χ0n) is 10.6. The summed E-state index contributed by atoms with van der Waals surface area (Å²) in [5.74, 6) is 1.20. The molecule has 2 heteroatoms. The van der Waals surface area contributed by atoms with Crippen LogP contribution in [0.25, 0.3) is 0 Å². The standard InChI is InChI=1S/C14H23NS/c1-4-12-6-8-13(9-7-12)10-15-14(5-2)11-16-3/h6-9,14-15H,4-5,10-11H2,1-3H3. The van der Waals surface area contributed by atoms with Gasteiger partial charge in [0.05, 0.1) is 0 Å². The molecule has 1 aromatic carbocycles. The fraction of sp³-hybridized carbons (Fsp3) is 0.571. The number of hydrogen-bond acceptors (Lipinski definition) is 2. The van der Waals surface area contributed by atoms with Gasteiger partial charge in [0.15, 0.2) is 0 Å². The summed E-state index contributed by atoms with van der Waals surface area (Å²) in [6.07, 6.45) is 4.49. The lowest BCUT2D eigenvalue weighted by atomic mass is 10.1. The van der Waals surface area contributed by atoms with Crippen molar-refractivity contribution >= 4 is 11.8 Å². The first-order valence-electron chi connectivity index (χ1n) is 6.10. The number of benzene rings is 1. The second-order valence-corrected chi connectivity index (χ2v) is 5.02. The van der Waals surface area contributed by atoms with E-state index in [1.807, 2.05) is 11.8 Å². The van der Waals surface area contributed by atoms with Crippen molar-refractivity contribution in [3.8, 4) is 0 Å². The van der Waals surface area contributed by atoms with Crippen molar-refractivity contribution in [1.29, 1.82) is 0 Å². The maximum atomic E-state index is 3.60.